The van der Waals surface area contributed by atoms with E-state index in [1.54, 1.807) is 0 Å². The van der Waals surface area contributed by atoms with Gasteiger partial charge in [0.2, 0.25) is 0 Å². The first-order chi connectivity index (χ1) is 10.3. The lowest BCUT2D eigenvalue weighted by Gasteiger charge is -2.38. The molecule has 0 unspecified atom stereocenters. The summed E-state index contributed by atoms with van der Waals surface area (Å²) in [6.07, 6.45) is 0. The van der Waals surface area contributed by atoms with Crippen LogP contribution < -0.4 is 15.5 Å². The van der Waals surface area contributed by atoms with E-state index in [1.165, 1.54) is 5.69 Å². The Hall–Kier alpha value is -2.49. The van der Waals surface area contributed by atoms with Crippen LogP contribution >= 0.6 is 0 Å². The molecule has 21 heavy (non-hydrogen) atoms. The number of nitrogen functional groups attached to an aromatic ring is 1. The largest absolute Gasteiger partial charge is 0.384 e. The van der Waals surface area contributed by atoms with Gasteiger partial charge in [0.1, 0.15) is 5.84 Å². The summed E-state index contributed by atoms with van der Waals surface area (Å²) in [6.45, 7) is 3.85. The minimum atomic E-state index is 0.135. The summed E-state index contributed by atoms with van der Waals surface area (Å²) in [5.74, 6) is 0.135. The van der Waals surface area contributed by atoms with Crippen LogP contribution in [0.25, 0.3) is 0 Å². The number of para-hydroxylation sites is 2. The normalized spacial score (nSPS) is 15.0. The second-order valence-corrected chi connectivity index (χ2v) is 5.24. The fourth-order valence-corrected chi connectivity index (χ4v) is 2.82. The third-order valence-corrected chi connectivity index (χ3v) is 3.94. The molecule has 3 rings (SSSR count). The van der Waals surface area contributed by atoms with Crippen molar-refractivity contribution >= 4 is 17.2 Å². The van der Waals surface area contributed by atoms with E-state index < -0.39 is 0 Å². The van der Waals surface area contributed by atoms with Crippen LogP contribution in [0.15, 0.2) is 54.6 Å². The summed E-state index contributed by atoms with van der Waals surface area (Å²) in [6, 6.07) is 18.4. The SMILES string of the molecule is N=C(N)c1ccccc1N1CCN(c2ccccc2)CC1. The van der Waals surface area contributed by atoms with Crippen molar-refractivity contribution in [3.05, 3.63) is 60.2 Å². The Morgan fingerprint density at radius 3 is 2.05 bits per heavy atom. The molecule has 0 atom stereocenters. The molecule has 0 aliphatic carbocycles. The lowest BCUT2D eigenvalue weighted by molar-refractivity contribution is 0.653. The fraction of sp³-hybridized carbons (Fsp3) is 0.235. The van der Waals surface area contributed by atoms with Gasteiger partial charge in [-0.1, -0.05) is 30.3 Å². The van der Waals surface area contributed by atoms with Gasteiger partial charge in [0.25, 0.3) is 0 Å². The van der Waals surface area contributed by atoms with Crippen LogP contribution in [-0.4, -0.2) is 32.0 Å². The maximum atomic E-state index is 7.71. The van der Waals surface area contributed by atoms with E-state index in [2.05, 4.69) is 40.1 Å². The van der Waals surface area contributed by atoms with E-state index in [0.29, 0.717) is 0 Å². The highest BCUT2D eigenvalue weighted by Crippen LogP contribution is 2.23. The van der Waals surface area contributed by atoms with E-state index in [-0.39, 0.29) is 5.84 Å². The maximum Gasteiger partial charge on any atom is 0.124 e. The number of piperazine rings is 1. The Kier molecular flexibility index (Phi) is 3.77. The Morgan fingerprint density at radius 2 is 1.38 bits per heavy atom. The van der Waals surface area contributed by atoms with Crippen LogP contribution in [0.3, 0.4) is 0 Å². The van der Waals surface area contributed by atoms with Crippen LogP contribution in [-0.2, 0) is 0 Å². The number of anilines is 2. The minimum absolute atomic E-state index is 0.135. The molecule has 1 fully saturated rings. The molecule has 2 aromatic rings. The van der Waals surface area contributed by atoms with E-state index >= 15 is 0 Å². The van der Waals surface area contributed by atoms with Gasteiger partial charge in [-0.05, 0) is 24.3 Å². The molecule has 4 heteroatoms. The Balaban J connectivity index is 1.73. The first-order valence-electron chi connectivity index (χ1n) is 7.24. The zero-order valence-electron chi connectivity index (χ0n) is 12.0. The molecule has 0 bridgehead atoms. The van der Waals surface area contributed by atoms with Crippen molar-refractivity contribution in [3.8, 4) is 0 Å². The van der Waals surface area contributed by atoms with E-state index in [1.807, 2.05) is 24.3 Å². The monoisotopic (exact) mass is 280 g/mol. The third kappa shape index (κ3) is 2.84. The Morgan fingerprint density at radius 1 is 0.810 bits per heavy atom. The quantitative estimate of drug-likeness (QED) is 0.670. The Bertz CT molecular complexity index is 616. The van der Waals surface area contributed by atoms with Gasteiger partial charge in [-0.2, -0.15) is 0 Å². The highest BCUT2D eigenvalue weighted by atomic mass is 15.3. The van der Waals surface area contributed by atoms with Gasteiger partial charge in [0.05, 0.1) is 0 Å². The average molecular weight is 280 g/mol. The molecule has 1 saturated heterocycles. The molecule has 1 aliphatic rings. The van der Waals surface area contributed by atoms with Gasteiger partial charge in [-0.15, -0.1) is 0 Å². The van der Waals surface area contributed by atoms with E-state index in [9.17, 15) is 0 Å². The second kappa shape index (κ2) is 5.87. The zero-order chi connectivity index (χ0) is 14.7. The van der Waals surface area contributed by atoms with Crippen LogP contribution in [0.5, 0.6) is 0 Å². The first kappa shape index (κ1) is 13.5. The van der Waals surface area contributed by atoms with Gasteiger partial charge < -0.3 is 15.5 Å². The molecule has 108 valence electrons. The number of benzene rings is 2. The lowest BCUT2D eigenvalue weighted by atomic mass is 10.1. The highest BCUT2D eigenvalue weighted by molar-refractivity contribution is 6.00. The van der Waals surface area contributed by atoms with Crippen molar-refractivity contribution in [2.75, 3.05) is 36.0 Å². The number of nitrogens with two attached hydrogens (primary N) is 1. The number of rotatable bonds is 3. The number of nitrogens with zero attached hydrogens (tertiary/aromatic N) is 2. The molecule has 3 N–H and O–H groups in total. The van der Waals surface area contributed by atoms with Crippen molar-refractivity contribution in [1.29, 1.82) is 5.41 Å². The summed E-state index contributed by atoms with van der Waals surface area (Å²) in [5, 5.41) is 7.71. The fourth-order valence-electron chi connectivity index (χ4n) is 2.82. The van der Waals surface area contributed by atoms with E-state index in [4.69, 9.17) is 11.1 Å². The van der Waals surface area contributed by atoms with Crippen molar-refractivity contribution in [1.82, 2.24) is 0 Å². The summed E-state index contributed by atoms with van der Waals surface area (Å²) in [7, 11) is 0. The van der Waals surface area contributed by atoms with Crippen molar-refractivity contribution < 1.29 is 0 Å². The van der Waals surface area contributed by atoms with Crippen LogP contribution in [0.1, 0.15) is 5.56 Å². The molecule has 1 aliphatic heterocycles. The van der Waals surface area contributed by atoms with Gasteiger partial charge in [-0.3, -0.25) is 5.41 Å². The van der Waals surface area contributed by atoms with Crippen molar-refractivity contribution in [3.63, 3.8) is 0 Å². The summed E-state index contributed by atoms with van der Waals surface area (Å²) < 4.78 is 0. The smallest absolute Gasteiger partial charge is 0.124 e. The maximum absolute atomic E-state index is 7.71. The van der Waals surface area contributed by atoms with Gasteiger partial charge in [-0.25, -0.2) is 0 Å². The van der Waals surface area contributed by atoms with Crippen molar-refractivity contribution in [2.45, 2.75) is 0 Å². The van der Waals surface area contributed by atoms with Crippen LogP contribution in [0, 0.1) is 5.41 Å². The molecule has 0 aromatic heterocycles. The Labute approximate surface area is 125 Å². The molecule has 0 saturated carbocycles. The standard InChI is InChI=1S/C17H20N4/c18-17(19)15-8-4-5-9-16(15)21-12-10-20(11-13-21)14-6-2-1-3-7-14/h1-9H,10-13H2,(H3,18,19). The number of nitrogens with one attached hydrogen (secondary N) is 1. The second-order valence-electron chi connectivity index (χ2n) is 5.24. The summed E-state index contributed by atoms with van der Waals surface area (Å²) in [5.41, 5.74) is 8.85. The molecular formula is C17H20N4. The van der Waals surface area contributed by atoms with E-state index in [0.717, 1.165) is 37.4 Å². The van der Waals surface area contributed by atoms with Gasteiger partial charge >= 0.3 is 0 Å². The number of amidine groups is 1. The predicted octanol–water partition coefficient (Wildman–Crippen LogP) is 2.30. The van der Waals surface area contributed by atoms with Crippen LogP contribution in [0.4, 0.5) is 11.4 Å². The average Bonchev–Trinajstić information content (AvgIpc) is 2.56. The minimum Gasteiger partial charge on any atom is -0.384 e. The molecule has 0 radical (unpaired) electrons. The molecular weight excluding hydrogens is 260 g/mol. The third-order valence-electron chi connectivity index (χ3n) is 3.94. The molecule has 0 spiro atoms. The molecule has 2 aromatic carbocycles. The first-order valence-corrected chi connectivity index (χ1v) is 7.24. The van der Waals surface area contributed by atoms with Crippen LogP contribution in [0.2, 0.25) is 0 Å². The van der Waals surface area contributed by atoms with Gasteiger partial charge in [0.15, 0.2) is 0 Å². The van der Waals surface area contributed by atoms with Gasteiger partial charge in [0, 0.05) is 43.1 Å². The number of hydrogen-bond acceptors (Lipinski definition) is 3. The molecule has 4 nitrogen and oxygen atoms in total. The zero-order valence-corrected chi connectivity index (χ0v) is 12.0. The van der Waals surface area contributed by atoms with Crippen molar-refractivity contribution in [2.24, 2.45) is 5.73 Å². The predicted molar refractivity (Wildman–Crippen MR) is 88.3 cm³/mol. The molecule has 0 amide bonds. The summed E-state index contributed by atoms with van der Waals surface area (Å²) in [4.78, 5) is 4.71. The lowest BCUT2D eigenvalue weighted by Crippen LogP contribution is -2.47. The topological polar surface area (TPSA) is 56.4 Å². The highest BCUT2D eigenvalue weighted by Gasteiger charge is 2.19. The molecule has 1 heterocycles. The number of hydrogen-bond donors (Lipinski definition) is 2. The summed E-state index contributed by atoms with van der Waals surface area (Å²) >= 11 is 0.